The van der Waals surface area contributed by atoms with Crippen molar-refractivity contribution < 1.29 is 4.74 Å². The Bertz CT molecular complexity index is 342. The van der Waals surface area contributed by atoms with Crippen LogP contribution < -0.4 is 10.1 Å². The van der Waals surface area contributed by atoms with Crippen LogP contribution in [0.1, 0.15) is 25.3 Å². The van der Waals surface area contributed by atoms with Crippen LogP contribution in [0.5, 0.6) is 5.75 Å². The fourth-order valence-electron chi connectivity index (χ4n) is 1.48. The molecule has 0 aromatic heterocycles. The third kappa shape index (κ3) is 3.96. The number of nitrogens with one attached hydrogen (secondary N) is 1. The zero-order valence-corrected chi connectivity index (χ0v) is 11.7. The molecule has 0 aliphatic heterocycles. The molecule has 1 fully saturated rings. The summed E-state index contributed by atoms with van der Waals surface area (Å²) < 4.78 is 6.50. The average molecular weight is 307 g/mol. The Morgan fingerprint density at radius 1 is 1.44 bits per heavy atom. The highest BCUT2D eigenvalue weighted by Crippen LogP contribution is 2.26. The first-order chi connectivity index (χ1) is 7.29. The normalized spacial score (nSPS) is 14.4. The molecule has 0 atom stereocenters. The van der Waals surface area contributed by atoms with Gasteiger partial charge in [0.2, 0.25) is 0 Å². The third-order valence-electron chi connectivity index (χ3n) is 2.47. The molecule has 0 unspecified atom stereocenters. The predicted octanol–water partition coefficient (Wildman–Crippen LogP) is 3.52. The van der Waals surface area contributed by atoms with Crippen molar-refractivity contribution >= 4 is 28.3 Å². The highest BCUT2D eigenvalue weighted by Gasteiger charge is 2.19. The van der Waals surface area contributed by atoms with Gasteiger partial charge in [-0.2, -0.15) is 0 Å². The minimum Gasteiger partial charge on any atom is -0.493 e. The lowest BCUT2D eigenvalue weighted by atomic mass is 10.2. The molecule has 16 heavy (non-hydrogen) atoms. The molecule has 2 rings (SSSR count). The lowest BCUT2D eigenvalue weighted by molar-refractivity contribution is 0.338. The number of hydrogen-bond acceptors (Lipinski definition) is 2. The van der Waals surface area contributed by atoms with Crippen molar-refractivity contribution in [2.75, 3.05) is 6.61 Å². The van der Waals surface area contributed by atoms with E-state index in [-0.39, 0.29) is 12.4 Å². The van der Waals surface area contributed by atoms with E-state index in [9.17, 15) is 0 Å². The summed E-state index contributed by atoms with van der Waals surface area (Å²) in [6, 6.07) is 7.03. The molecule has 1 N–H and O–H groups in total. The van der Waals surface area contributed by atoms with E-state index in [0.717, 1.165) is 22.8 Å². The van der Waals surface area contributed by atoms with E-state index in [0.29, 0.717) is 6.61 Å². The minimum absolute atomic E-state index is 0. The number of ether oxygens (including phenoxy) is 1. The minimum atomic E-state index is 0. The first-order valence-corrected chi connectivity index (χ1v) is 6.23. The lowest BCUT2D eigenvalue weighted by Gasteiger charge is -2.08. The summed E-state index contributed by atoms with van der Waals surface area (Å²) in [7, 11) is 0. The van der Waals surface area contributed by atoms with E-state index in [1.807, 2.05) is 13.0 Å². The number of hydrogen-bond donors (Lipinski definition) is 1. The van der Waals surface area contributed by atoms with Crippen LogP contribution in [-0.2, 0) is 6.54 Å². The average Bonchev–Trinajstić information content (AvgIpc) is 3.03. The molecule has 0 amide bonds. The first kappa shape index (κ1) is 13.8. The molecular weight excluding hydrogens is 289 g/mol. The van der Waals surface area contributed by atoms with Gasteiger partial charge in [-0.15, -0.1) is 12.4 Å². The van der Waals surface area contributed by atoms with E-state index in [1.165, 1.54) is 18.4 Å². The molecule has 1 aromatic rings. The Labute approximate surface area is 111 Å². The van der Waals surface area contributed by atoms with Crippen molar-refractivity contribution in [3.05, 3.63) is 28.2 Å². The van der Waals surface area contributed by atoms with Crippen molar-refractivity contribution in [2.24, 2.45) is 0 Å². The van der Waals surface area contributed by atoms with Crippen molar-refractivity contribution in [1.29, 1.82) is 0 Å². The van der Waals surface area contributed by atoms with Gasteiger partial charge in [-0.25, -0.2) is 0 Å². The SMILES string of the molecule is CCOc1ccc(CNC2CC2)cc1Br.Cl. The molecule has 1 aromatic carbocycles. The third-order valence-corrected chi connectivity index (χ3v) is 3.09. The topological polar surface area (TPSA) is 21.3 Å². The molecule has 1 saturated carbocycles. The van der Waals surface area contributed by atoms with Crippen LogP contribution in [0.15, 0.2) is 22.7 Å². The standard InChI is InChI=1S/C12H16BrNO.ClH/c1-2-15-12-6-3-9(7-11(12)13)8-14-10-4-5-10;/h3,6-7,10,14H,2,4-5,8H2,1H3;1H. The second-order valence-corrected chi connectivity index (χ2v) is 4.71. The fourth-order valence-corrected chi connectivity index (χ4v) is 2.02. The molecule has 1 aliphatic carbocycles. The van der Waals surface area contributed by atoms with Gasteiger partial charge in [-0.3, -0.25) is 0 Å². The van der Waals surface area contributed by atoms with Gasteiger partial charge in [-0.05, 0) is 53.4 Å². The summed E-state index contributed by atoms with van der Waals surface area (Å²) in [6.07, 6.45) is 2.66. The maximum Gasteiger partial charge on any atom is 0.133 e. The zero-order chi connectivity index (χ0) is 10.7. The van der Waals surface area contributed by atoms with E-state index < -0.39 is 0 Å². The van der Waals surface area contributed by atoms with E-state index in [2.05, 4.69) is 33.4 Å². The van der Waals surface area contributed by atoms with Gasteiger partial charge in [0.1, 0.15) is 5.75 Å². The number of benzene rings is 1. The molecule has 90 valence electrons. The summed E-state index contributed by atoms with van der Waals surface area (Å²) in [5.74, 6) is 0.924. The van der Waals surface area contributed by atoms with Crippen LogP contribution in [0.25, 0.3) is 0 Å². The Morgan fingerprint density at radius 3 is 2.75 bits per heavy atom. The smallest absolute Gasteiger partial charge is 0.133 e. The van der Waals surface area contributed by atoms with Crippen LogP contribution in [-0.4, -0.2) is 12.6 Å². The Morgan fingerprint density at radius 2 is 2.19 bits per heavy atom. The molecule has 1 aliphatic rings. The first-order valence-electron chi connectivity index (χ1n) is 5.44. The molecule has 0 radical (unpaired) electrons. The quantitative estimate of drug-likeness (QED) is 0.898. The molecule has 4 heteroatoms. The van der Waals surface area contributed by atoms with Crippen LogP contribution in [0.3, 0.4) is 0 Å². The van der Waals surface area contributed by atoms with Gasteiger partial charge in [0.25, 0.3) is 0 Å². The lowest BCUT2D eigenvalue weighted by Crippen LogP contribution is -2.15. The molecule has 0 heterocycles. The van der Waals surface area contributed by atoms with E-state index >= 15 is 0 Å². The van der Waals surface area contributed by atoms with Gasteiger partial charge in [-0.1, -0.05) is 6.07 Å². The summed E-state index contributed by atoms with van der Waals surface area (Å²) in [5, 5.41) is 3.49. The second kappa shape index (κ2) is 6.48. The molecule has 0 saturated heterocycles. The van der Waals surface area contributed by atoms with E-state index in [4.69, 9.17) is 4.74 Å². The summed E-state index contributed by atoms with van der Waals surface area (Å²) in [5.41, 5.74) is 1.30. The van der Waals surface area contributed by atoms with Crippen LogP contribution in [0.2, 0.25) is 0 Å². The van der Waals surface area contributed by atoms with Crippen molar-refractivity contribution in [3.63, 3.8) is 0 Å². The Balaban J connectivity index is 0.00000128. The molecule has 0 spiro atoms. The predicted molar refractivity (Wildman–Crippen MR) is 72.4 cm³/mol. The highest BCUT2D eigenvalue weighted by molar-refractivity contribution is 9.10. The van der Waals surface area contributed by atoms with Gasteiger partial charge in [0.05, 0.1) is 11.1 Å². The molecule has 0 bridgehead atoms. The Hall–Kier alpha value is -0.250. The maximum absolute atomic E-state index is 5.46. The Kier molecular flexibility index (Phi) is 5.59. The van der Waals surface area contributed by atoms with E-state index in [1.54, 1.807) is 0 Å². The van der Waals surface area contributed by atoms with Gasteiger partial charge < -0.3 is 10.1 Å². The van der Waals surface area contributed by atoms with Crippen LogP contribution in [0.4, 0.5) is 0 Å². The van der Waals surface area contributed by atoms with Crippen LogP contribution >= 0.6 is 28.3 Å². The van der Waals surface area contributed by atoms with Gasteiger partial charge in [0.15, 0.2) is 0 Å². The second-order valence-electron chi connectivity index (χ2n) is 3.85. The summed E-state index contributed by atoms with van der Waals surface area (Å²) in [4.78, 5) is 0. The zero-order valence-electron chi connectivity index (χ0n) is 9.33. The highest BCUT2D eigenvalue weighted by atomic mass is 79.9. The van der Waals surface area contributed by atoms with Gasteiger partial charge >= 0.3 is 0 Å². The van der Waals surface area contributed by atoms with Crippen molar-refractivity contribution in [1.82, 2.24) is 5.32 Å². The molecule has 2 nitrogen and oxygen atoms in total. The fraction of sp³-hybridized carbons (Fsp3) is 0.500. The van der Waals surface area contributed by atoms with Gasteiger partial charge in [0, 0.05) is 12.6 Å². The summed E-state index contributed by atoms with van der Waals surface area (Å²) in [6.45, 7) is 3.66. The number of halogens is 2. The molecular formula is C12H17BrClNO. The summed E-state index contributed by atoms with van der Waals surface area (Å²) >= 11 is 3.52. The monoisotopic (exact) mass is 305 g/mol. The maximum atomic E-state index is 5.46. The van der Waals surface area contributed by atoms with Crippen LogP contribution in [0, 0.1) is 0 Å². The van der Waals surface area contributed by atoms with Crippen molar-refractivity contribution in [3.8, 4) is 5.75 Å². The largest absolute Gasteiger partial charge is 0.493 e. The number of rotatable bonds is 5. The van der Waals surface area contributed by atoms with Crippen molar-refractivity contribution in [2.45, 2.75) is 32.4 Å².